The first-order valence-corrected chi connectivity index (χ1v) is 8.99. The van der Waals surface area contributed by atoms with Crippen molar-refractivity contribution in [3.05, 3.63) is 35.4 Å². The van der Waals surface area contributed by atoms with Gasteiger partial charge in [-0.3, -0.25) is 9.69 Å². The summed E-state index contributed by atoms with van der Waals surface area (Å²) in [4.78, 5) is 16.9. The second-order valence-corrected chi connectivity index (χ2v) is 7.93. The Hall–Kier alpha value is -1.86. The molecule has 2 aliphatic rings. The normalized spacial score (nSPS) is 20.8. The van der Waals surface area contributed by atoms with Crippen LogP contribution in [0.1, 0.15) is 44.2 Å². The lowest BCUT2D eigenvalue weighted by Gasteiger charge is -2.39. The van der Waals surface area contributed by atoms with Gasteiger partial charge in [0.05, 0.1) is 11.6 Å². The lowest BCUT2D eigenvalue weighted by Crippen LogP contribution is -2.41. The van der Waals surface area contributed by atoms with E-state index in [4.69, 9.17) is 5.26 Å². The fourth-order valence-electron chi connectivity index (χ4n) is 4.05. The van der Waals surface area contributed by atoms with Gasteiger partial charge in [0.1, 0.15) is 0 Å². The predicted molar refractivity (Wildman–Crippen MR) is 94.1 cm³/mol. The van der Waals surface area contributed by atoms with E-state index in [-0.39, 0.29) is 5.41 Å². The SMILES string of the molecule is CC(C)CN1CC2(CCN(Cc3ccc(C#N)cc3)CC2)CC1=O. The van der Waals surface area contributed by atoms with E-state index < -0.39 is 0 Å². The number of carbonyl (C=O) groups is 1. The number of hydrogen-bond acceptors (Lipinski definition) is 3. The maximum atomic E-state index is 12.3. The predicted octanol–water partition coefficient (Wildman–Crippen LogP) is 3.03. The Labute approximate surface area is 145 Å². The van der Waals surface area contributed by atoms with Crippen LogP contribution in [0.5, 0.6) is 0 Å². The molecule has 2 saturated heterocycles. The number of piperidine rings is 1. The summed E-state index contributed by atoms with van der Waals surface area (Å²) in [5.74, 6) is 0.893. The van der Waals surface area contributed by atoms with Crippen molar-refractivity contribution in [2.75, 3.05) is 26.2 Å². The third-order valence-electron chi connectivity index (χ3n) is 5.40. The van der Waals surface area contributed by atoms with E-state index in [1.807, 2.05) is 24.3 Å². The van der Waals surface area contributed by atoms with Gasteiger partial charge in [0.15, 0.2) is 0 Å². The molecule has 1 amide bonds. The standard InChI is InChI=1S/C20H27N3O/c1-16(2)13-23-15-20(11-19(23)24)7-9-22(10-8-20)14-18-5-3-17(12-21)4-6-18/h3-6,16H,7-11,13-15H2,1-2H3. The maximum Gasteiger partial charge on any atom is 0.223 e. The number of nitriles is 1. The number of hydrogen-bond donors (Lipinski definition) is 0. The average molecular weight is 325 g/mol. The van der Waals surface area contributed by atoms with Crippen LogP contribution in [-0.2, 0) is 11.3 Å². The molecular formula is C20H27N3O. The fourth-order valence-corrected chi connectivity index (χ4v) is 4.05. The summed E-state index contributed by atoms with van der Waals surface area (Å²) >= 11 is 0. The van der Waals surface area contributed by atoms with Crippen LogP contribution in [0.2, 0.25) is 0 Å². The molecule has 0 aliphatic carbocycles. The van der Waals surface area contributed by atoms with Crippen LogP contribution in [-0.4, -0.2) is 41.9 Å². The number of amides is 1. The van der Waals surface area contributed by atoms with Gasteiger partial charge in [0.25, 0.3) is 0 Å². The first-order chi connectivity index (χ1) is 11.5. The molecular weight excluding hydrogens is 298 g/mol. The molecule has 3 rings (SSSR count). The molecule has 1 spiro atoms. The Bertz CT molecular complexity index is 621. The maximum absolute atomic E-state index is 12.3. The highest BCUT2D eigenvalue weighted by atomic mass is 16.2. The smallest absolute Gasteiger partial charge is 0.223 e. The van der Waals surface area contributed by atoms with Crippen LogP contribution >= 0.6 is 0 Å². The number of carbonyl (C=O) groups excluding carboxylic acids is 1. The molecule has 0 aromatic heterocycles. The molecule has 0 atom stereocenters. The Balaban J connectivity index is 1.54. The highest BCUT2D eigenvalue weighted by molar-refractivity contribution is 5.79. The quantitative estimate of drug-likeness (QED) is 0.855. The van der Waals surface area contributed by atoms with Crippen LogP contribution in [0, 0.1) is 22.7 Å². The third kappa shape index (κ3) is 3.79. The summed E-state index contributed by atoms with van der Waals surface area (Å²) in [6.07, 6.45) is 2.97. The minimum atomic E-state index is 0.215. The van der Waals surface area contributed by atoms with E-state index in [1.54, 1.807) is 0 Å². The molecule has 0 saturated carbocycles. The van der Waals surface area contributed by atoms with E-state index in [9.17, 15) is 4.79 Å². The van der Waals surface area contributed by atoms with Crippen LogP contribution in [0.25, 0.3) is 0 Å². The van der Waals surface area contributed by atoms with E-state index in [2.05, 4.69) is 29.7 Å². The fraction of sp³-hybridized carbons (Fsp3) is 0.600. The summed E-state index contributed by atoms with van der Waals surface area (Å²) in [5.41, 5.74) is 2.19. The molecule has 2 heterocycles. The van der Waals surface area contributed by atoms with Crippen molar-refractivity contribution in [2.45, 2.75) is 39.7 Å². The third-order valence-corrected chi connectivity index (χ3v) is 5.40. The molecule has 4 heteroatoms. The summed E-state index contributed by atoms with van der Waals surface area (Å²) in [6.45, 7) is 9.26. The number of rotatable bonds is 4. The van der Waals surface area contributed by atoms with E-state index in [0.29, 0.717) is 17.4 Å². The first-order valence-electron chi connectivity index (χ1n) is 8.99. The first kappa shape index (κ1) is 17.0. The Morgan fingerprint density at radius 3 is 2.46 bits per heavy atom. The van der Waals surface area contributed by atoms with Crippen molar-refractivity contribution in [2.24, 2.45) is 11.3 Å². The molecule has 0 radical (unpaired) electrons. The Morgan fingerprint density at radius 2 is 1.88 bits per heavy atom. The van der Waals surface area contributed by atoms with Crippen LogP contribution < -0.4 is 0 Å². The van der Waals surface area contributed by atoms with Crippen molar-refractivity contribution in [3.8, 4) is 6.07 Å². The molecule has 0 bridgehead atoms. The molecule has 4 nitrogen and oxygen atoms in total. The Morgan fingerprint density at radius 1 is 1.21 bits per heavy atom. The zero-order chi connectivity index (χ0) is 17.2. The highest BCUT2D eigenvalue weighted by Gasteiger charge is 2.44. The van der Waals surface area contributed by atoms with Gasteiger partial charge < -0.3 is 4.90 Å². The number of likely N-dealkylation sites (tertiary alicyclic amines) is 2. The second kappa shape index (κ2) is 6.94. The van der Waals surface area contributed by atoms with Crippen molar-refractivity contribution >= 4 is 5.91 Å². The zero-order valence-corrected chi connectivity index (χ0v) is 14.8. The van der Waals surface area contributed by atoms with Crippen LogP contribution in [0.15, 0.2) is 24.3 Å². The van der Waals surface area contributed by atoms with Gasteiger partial charge in [-0.25, -0.2) is 0 Å². The molecule has 24 heavy (non-hydrogen) atoms. The van der Waals surface area contributed by atoms with E-state index in [0.717, 1.165) is 52.0 Å². The monoisotopic (exact) mass is 325 g/mol. The van der Waals surface area contributed by atoms with Crippen LogP contribution in [0.4, 0.5) is 0 Å². The van der Waals surface area contributed by atoms with Crippen molar-refractivity contribution in [1.29, 1.82) is 5.26 Å². The van der Waals surface area contributed by atoms with Gasteiger partial charge >= 0.3 is 0 Å². The van der Waals surface area contributed by atoms with Gasteiger partial charge in [0, 0.05) is 26.1 Å². The van der Waals surface area contributed by atoms with Gasteiger partial charge in [-0.15, -0.1) is 0 Å². The summed E-state index contributed by atoms with van der Waals surface area (Å²) in [6, 6.07) is 10.0. The second-order valence-electron chi connectivity index (χ2n) is 7.93. The molecule has 1 aromatic carbocycles. The van der Waals surface area contributed by atoms with E-state index >= 15 is 0 Å². The van der Waals surface area contributed by atoms with Gasteiger partial charge in [-0.2, -0.15) is 5.26 Å². The highest BCUT2D eigenvalue weighted by Crippen LogP contribution is 2.41. The molecule has 0 unspecified atom stereocenters. The molecule has 128 valence electrons. The summed E-state index contributed by atoms with van der Waals surface area (Å²) in [7, 11) is 0. The molecule has 2 aliphatic heterocycles. The van der Waals surface area contributed by atoms with Crippen LogP contribution in [0.3, 0.4) is 0 Å². The zero-order valence-electron chi connectivity index (χ0n) is 14.8. The van der Waals surface area contributed by atoms with Gasteiger partial charge in [0.2, 0.25) is 5.91 Å². The molecule has 2 fully saturated rings. The number of nitrogens with zero attached hydrogens (tertiary/aromatic N) is 3. The summed E-state index contributed by atoms with van der Waals surface area (Å²) in [5, 5.41) is 8.87. The lowest BCUT2D eigenvalue weighted by atomic mass is 9.77. The molecule has 0 N–H and O–H groups in total. The van der Waals surface area contributed by atoms with Crippen molar-refractivity contribution in [1.82, 2.24) is 9.80 Å². The van der Waals surface area contributed by atoms with E-state index in [1.165, 1.54) is 5.56 Å². The van der Waals surface area contributed by atoms with Gasteiger partial charge in [-0.05, 0) is 55.0 Å². The van der Waals surface area contributed by atoms with Crippen molar-refractivity contribution in [3.63, 3.8) is 0 Å². The number of benzene rings is 1. The minimum absolute atomic E-state index is 0.215. The average Bonchev–Trinajstić information content (AvgIpc) is 2.85. The largest absolute Gasteiger partial charge is 0.342 e. The minimum Gasteiger partial charge on any atom is -0.342 e. The topological polar surface area (TPSA) is 47.3 Å². The van der Waals surface area contributed by atoms with Gasteiger partial charge in [-0.1, -0.05) is 26.0 Å². The van der Waals surface area contributed by atoms with Crippen molar-refractivity contribution < 1.29 is 4.79 Å². The molecule has 1 aromatic rings. The summed E-state index contributed by atoms with van der Waals surface area (Å²) < 4.78 is 0. The lowest BCUT2D eigenvalue weighted by molar-refractivity contribution is -0.128. The Kier molecular flexibility index (Phi) is 4.91.